The molecule has 1 aliphatic rings. The molecule has 5 nitrogen and oxygen atoms in total. The van der Waals surface area contributed by atoms with Gasteiger partial charge in [0.15, 0.2) is 4.77 Å². The van der Waals surface area contributed by atoms with Gasteiger partial charge in [-0.1, -0.05) is 54.6 Å². The van der Waals surface area contributed by atoms with Gasteiger partial charge in [0.25, 0.3) is 5.56 Å². The van der Waals surface area contributed by atoms with Crippen LogP contribution in [0.25, 0.3) is 21.7 Å². The molecule has 1 saturated heterocycles. The number of hydrogen-bond acceptors (Lipinski definition) is 4. The monoisotopic (exact) mass is 477 g/mol. The number of nitrogens with zero attached hydrogens (tertiary/aromatic N) is 2. The molecule has 5 rings (SSSR count). The van der Waals surface area contributed by atoms with E-state index in [2.05, 4.69) is 17.6 Å². The minimum Gasteiger partial charge on any atom is -0.332 e. The highest BCUT2D eigenvalue weighted by Crippen LogP contribution is 2.21. The largest absolute Gasteiger partial charge is 0.332 e. The quantitative estimate of drug-likeness (QED) is 0.238. The van der Waals surface area contributed by atoms with Crippen molar-refractivity contribution in [2.45, 2.75) is 38.1 Å². The second-order valence-electron chi connectivity index (χ2n) is 8.10. The molecule has 0 saturated carbocycles. The van der Waals surface area contributed by atoms with Gasteiger partial charge in [0.2, 0.25) is 5.91 Å². The molecule has 2 heterocycles. The van der Waals surface area contributed by atoms with Crippen molar-refractivity contribution in [3.05, 3.63) is 87.4 Å². The number of carbonyl (C=O) groups is 1. The van der Waals surface area contributed by atoms with E-state index in [4.69, 9.17) is 12.2 Å². The molecule has 1 atom stereocenters. The lowest BCUT2D eigenvalue weighted by Gasteiger charge is -2.20. The first-order valence-electron chi connectivity index (χ1n) is 11.1. The molecule has 7 heteroatoms. The van der Waals surface area contributed by atoms with Crippen molar-refractivity contribution in [2.75, 3.05) is 6.54 Å². The number of amides is 1. The van der Waals surface area contributed by atoms with Crippen LogP contribution in [0.2, 0.25) is 0 Å². The van der Waals surface area contributed by atoms with Crippen LogP contribution in [0.3, 0.4) is 0 Å². The van der Waals surface area contributed by atoms with Gasteiger partial charge >= 0.3 is 0 Å². The van der Waals surface area contributed by atoms with E-state index >= 15 is 0 Å². The number of fused-ring (bicyclic) bond motifs is 2. The number of nitrogens with one attached hydrogen (secondary N) is 1. The average Bonchev–Trinajstić information content (AvgIpc) is 3.25. The second kappa shape index (κ2) is 10.4. The van der Waals surface area contributed by atoms with Crippen molar-refractivity contribution in [1.29, 1.82) is 0 Å². The Balaban J connectivity index is 0.000000160. The third-order valence-corrected chi connectivity index (χ3v) is 6.76. The molecule has 170 valence electrons. The van der Waals surface area contributed by atoms with Crippen LogP contribution >= 0.6 is 24.8 Å². The maximum absolute atomic E-state index is 12.3. The van der Waals surface area contributed by atoms with Gasteiger partial charge in [-0.15, -0.1) is 0 Å². The van der Waals surface area contributed by atoms with E-state index in [0.29, 0.717) is 23.1 Å². The number of rotatable bonds is 3. The Morgan fingerprint density at radius 2 is 1.76 bits per heavy atom. The van der Waals surface area contributed by atoms with Crippen LogP contribution in [0.1, 0.15) is 25.3 Å². The summed E-state index contributed by atoms with van der Waals surface area (Å²) in [6.07, 6.45) is 2.59. The van der Waals surface area contributed by atoms with Crippen molar-refractivity contribution in [2.24, 2.45) is 0 Å². The molecule has 1 N–H and O–H groups in total. The summed E-state index contributed by atoms with van der Waals surface area (Å²) < 4.78 is 2.05. The molecule has 33 heavy (non-hydrogen) atoms. The lowest BCUT2D eigenvalue weighted by atomic mass is 10.1. The van der Waals surface area contributed by atoms with Gasteiger partial charge in [0.1, 0.15) is 0 Å². The molecular weight excluding hydrogens is 450 g/mol. The summed E-state index contributed by atoms with van der Waals surface area (Å²) in [6, 6.07) is 21.7. The number of thiol groups is 1. The van der Waals surface area contributed by atoms with Crippen LogP contribution < -0.4 is 5.56 Å². The Morgan fingerprint density at radius 1 is 1.09 bits per heavy atom. The topological polar surface area (TPSA) is 58.1 Å². The maximum Gasteiger partial charge on any atom is 0.262 e. The molecule has 0 aliphatic carbocycles. The first-order chi connectivity index (χ1) is 16.0. The zero-order valence-corrected chi connectivity index (χ0v) is 20.2. The molecule has 0 spiro atoms. The maximum atomic E-state index is 12.3. The number of aromatic amines is 1. The summed E-state index contributed by atoms with van der Waals surface area (Å²) in [5, 5.41) is 2.98. The lowest BCUT2D eigenvalue weighted by molar-refractivity contribution is -0.129. The lowest BCUT2D eigenvalue weighted by Crippen LogP contribution is -2.33. The van der Waals surface area contributed by atoms with Crippen LogP contribution in [0.15, 0.2) is 71.5 Å². The summed E-state index contributed by atoms with van der Waals surface area (Å²) in [7, 11) is 0. The number of carbonyl (C=O) groups excluding carboxylic acids is 1. The standard InChI is InChI=1S/C14H12N2OS.C12H15NOS/c1-2-16-13(17)11-7-9-5-3-4-6-10(9)8-12(11)15-14(16)18;14-11(13-8-4-7-12(13)15)9-10-5-2-1-3-6-10/h3-8H,2H2,1H3,(H,15,18);1-3,5-6,12,15H,4,7-9H2. The number of aromatic nitrogens is 2. The normalized spacial score (nSPS) is 15.5. The van der Waals surface area contributed by atoms with Gasteiger partial charge in [-0.05, 0) is 60.5 Å². The fourth-order valence-electron chi connectivity index (χ4n) is 4.14. The first-order valence-corrected chi connectivity index (χ1v) is 12.1. The Hall–Kier alpha value is -2.90. The van der Waals surface area contributed by atoms with E-state index in [1.165, 1.54) is 0 Å². The number of H-pyrrole nitrogens is 1. The van der Waals surface area contributed by atoms with Crippen LogP contribution in [0, 0.1) is 4.77 Å². The summed E-state index contributed by atoms with van der Waals surface area (Å²) in [5.41, 5.74) is 1.85. The predicted octanol–water partition coefficient (Wildman–Crippen LogP) is 5.34. The molecule has 4 aromatic rings. The minimum absolute atomic E-state index is 0.0259. The van der Waals surface area contributed by atoms with E-state index in [9.17, 15) is 9.59 Å². The number of benzene rings is 3. The van der Waals surface area contributed by atoms with Crippen LogP contribution in [-0.4, -0.2) is 32.3 Å². The molecule has 1 unspecified atom stereocenters. The number of likely N-dealkylation sites (tertiary alicyclic amines) is 1. The van der Waals surface area contributed by atoms with Gasteiger partial charge in [-0.3, -0.25) is 14.2 Å². The average molecular weight is 478 g/mol. The highest BCUT2D eigenvalue weighted by molar-refractivity contribution is 7.80. The van der Waals surface area contributed by atoms with Crippen molar-refractivity contribution in [3.63, 3.8) is 0 Å². The van der Waals surface area contributed by atoms with E-state index < -0.39 is 0 Å². The fourth-order valence-corrected chi connectivity index (χ4v) is 4.89. The number of hydrogen-bond donors (Lipinski definition) is 2. The SMILES string of the molecule is CCn1c(=S)[nH]c2cc3ccccc3cc2c1=O.O=C(Cc1ccccc1)N1CCCC1S. The van der Waals surface area contributed by atoms with Gasteiger partial charge in [0, 0.05) is 13.1 Å². The van der Waals surface area contributed by atoms with Crippen molar-refractivity contribution < 1.29 is 4.79 Å². The van der Waals surface area contributed by atoms with Gasteiger partial charge < -0.3 is 9.88 Å². The smallest absolute Gasteiger partial charge is 0.262 e. The Kier molecular flexibility index (Phi) is 7.30. The summed E-state index contributed by atoms with van der Waals surface area (Å²) in [6.45, 7) is 3.36. The molecule has 0 radical (unpaired) electrons. The molecule has 3 aromatic carbocycles. The fraction of sp³-hybridized carbons (Fsp3) is 0.269. The second-order valence-corrected chi connectivity index (χ2v) is 9.08. The zero-order valence-electron chi connectivity index (χ0n) is 18.5. The van der Waals surface area contributed by atoms with E-state index in [1.807, 2.05) is 78.6 Å². The first kappa shape index (κ1) is 23.3. The van der Waals surface area contributed by atoms with Gasteiger partial charge in [-0.25, -0.2) is 0 Å². The highest BCUT2D eigenvalue weighted by Gasteiger charge is 2.25. The van der Waals surface area contributed by atoms with Gasteiger partial charge in [-0.2, -0.15) is 12.6 Å². The van der Waals surface area contributed by atoms with E-state index in [1.54, 1.807) is 4.57 Å². The third-order valence-electron chi connectivity index (χ3n) is 5.90. The zero-order chi connectivity index (χ0) is 23.4. The Labute approximate surface area is 203 Å². The summed E-state index contributed by atoms with van der Waals surface area (Å²) >= 11 is 9.59. The van der Waals surface area contributed by atoms with Gasteiger partial charge in [0.05, 0.1) is 22.7 Å². The van der Waals surface area contributed by atoms with Crippen LogP contribution in [0.5, 0.6) is 0 Å². The summed E-state index contributed by atoms with van der Waals surface area (Å²) in [5.74, 6) is 0.193. The Morgan fingerprint density at radius 3 is 2.39 bits per heavy atom. The molecule has 1 fully saturated rings. The highest BCUT2D eigenvalue weighted by atomic mass is 32.1. The van der Waals surface area contributed by atoms with Crippen molar-refractivity contribution in [1.82, 2.24) is 14.5 Å². The molecule has 0 bridgehead atoms. The molecule has 1 aromatic heterocycles. The predicted molar refractivity (Wildman–Crippen MR) is 140 cm³/mol. The van der Waals surface area contributed by atoms with E-state index in [-0.39, 0.29) is 16.8 Å². The van der Waals surface area contributed by atoms with Crippen molar-refractivity contribution in [3.8, 4) is 0 Å². The minimum atomic E-state index is -0.0259. The third kappa shape index (κ3) is 5.20. The summed E-state index contributed by atoms with van der Waals surface area (Å²) in [4.78, 5) is 29.2. The Bertz CT molecular complexity index is 1400. The van der Waals surface area contributed by atoms with E-state index in [0.717, 1.165) is 41.2 Å². The van der Waals surface area contributed by atoms with Crippen molar-refractivity contribution >= 4 is 52.4 Å². The molecular formula is C26H27N3O2S2. The van der Waals surface area contributed by atoms with Crippen LogP contribution in [-0.2, 0) is 17.8 Å². The molecule has 1 amide bonds. The molecule has 1 aliphatic heterocycles. The van der Waals surface area contributed by atoms with Crippen LogP contribution in [0.4, 0.5) is 0 Å².